The molecule has 0 aromatic heterocycles. The fourth-order valence-electron chi connectivity index (χ4n) is 3.85. The van der Waals surface area contributed by atoms with E-state index in [0.717, 1.165) is 17.9 Å². The molecule has 1 saturated carbocycles. The van der Waals surface area contributed by atoms with E-state index in [0.29, 0.717) is 0 Å². The molecule has 2 unspecified atom stereocenters. The predicted octanol–water partition coefficient (Wildman–Crippen LogP) is 3.67. The first-order chi connectivity index (χ1) is 9.29. The van der Waals surface area contributed by atoms with Crippen LogP contribution in [0, 0.1) is 11.8 Å². The van der Waals surface area contributed by atoms with Crippen molar-refractivity contribution in [2.24, 2.45) is 11.8 Å². The van der Waals surface area contributed by atoms with Gasteiger partial charge in [0.05, 0.1) is 0 Å². The van der Waals surface area contributed by atoms with Crippen LogP contribution in [0.3, 0.4) is 0 Å². The number of hydrogen-bond donors (Lipinski definition) is 1. The van der Waals surface area contributed by atoms with Crippen molar-refractivity contribution >= 4 is 0 Å². The largest absolute Gasteiger partial charge is 0.312 e. The molecule has 2 aliphatic rings. The summed E-state index contributed by atoms with van der Waals surface area (Å²) in [4.78, 5) is 2.75. The molecule has 2 fully saturated rings. The quantitative estimate of drug-likeness (QED) is 0.789. The molecule has 1 N–H and O–H groups in total. The molecule has 0 bridgehead atoms. The molecule has 2 heteroatoms. The minimum Gasteiger partial charge on any atom is -0.312 e. The molecule has 0 aromatic rings. The zero-order valence-electron chi connectivity index (χ0n) is 13.2. The van der Waals surface area contributed by atoms with Gasteiger partial charge in [0, 0.05) is 12.6 Å². The lowest BCUT2D eigenvalue weighted by Crippen LogP contribution is -2.45. The molecular formula is C17H34N2. The van der Waals surface area contributed by atoms with Crippen LogP contribution in [0.15, 0.2) is 0 Å². The van der Waals surface area contributed by atoms with Crippen molar-refractivity contribution in [3.05, 3.63) is 0 Å². The van der Waals surface area contributed by atoms with Crippen LogP contribution in [0.25, 0.3) is 0 Å². The molecule has 19 heavy (non-hydrogen) atoms. The van der Waals surface area contributed by atoms with E-state index in [1.165, 1.54) is 77.5 Å². The third kappa shape index (κ3) is 5.07. The average Bonchev–Trinajstić information content (AvgIpc) is 2.86. The minimum absolute atomic E-state index is 0.760. The van der Waals surface area contributed by atoms with Gasteiger partial charge in [-0.2, -0.15) is 0 Å². The van der Waals surface area contributed by atoms with Gasteiger partial charge in [0.15, 0.2) is 0 Å². The molecule has 2 rings (SSSR count). The normalized spacial score (nSPS) is 28.4. The molecule has 0 spiro atoms. The summed E-state index contributed by atoms with van der Waals surface area (Å²) >= 11 is 0. The number of nitrogens with one attached hydrogen (secondary N) is 1. The lowest BCUT2D eigenvalue weighted by Gasteiger charge is -2.31. The lowest BCUT2D eigenvalue weighted by molar-refractivity contribution is 0.212. The molecule has 2 nitrogen and oxygen atoms in total. The van der Waals surface area contributed by atoms with Crippen LogP contribution < -0.4 is 5.32 Å². The Morgan fingerprint density at radius 1 is 1.05 bits per heavy atom. The van der Waals surface area contributed by atoms with Gasteiger partial charge >= 0.3 is 0 Å². The summed E-state index contributed by atoms with van der Waals surface area (Å²) in [7, 11) is 0. The highest BCUT2D eigenvalue weighted by atomic mass is 15.1. The molecule has 1 aliphatic carbocycles. The SMILES string of the molecule is CCCNC(CN1CCCC(C)CC1)C1CCCC1. The van der Waals surface area contributed by atoms with E-state index in [1.54, 1.807) is 0 Å². The van der Waals surface area contributed by atoms with Gasteiger partial charge in [-0.3, -0.25) is 0 Å². The first-order valence-electron chi connectivity index (χ1n) is 8.75. The lowest BCUT2D eigenvalue weighted by atomic mass is 9.97. The zero-order valence-corrected chi connectivity index (χ0v) is 13.2. The number of hydrogen-bond acceptors (Lipinski definition) is 2. The second kappa shape index (κ2) is 8.26. The third-order valence-corrected chi connectivity index (χ3v) is 5.19. The van der Waals surface area contributed by atoms with Crippen LogP contribution in [0.1, 0.15) is 65.2 Å². The van der Waals surface area contributed by atoms with Crippen molar-refractivity contribution in [3.8, 4) is 0 Å². The summed E-state index contributed by atoms with van der Waals surface area (Å²) in [5, 5.41) is 3.85. The number of rotatable bonds is 6. The summed E-state index contributed by atoms with van der Waals surface area (Å²) in [6, 6.07) is 0.760. The van der Waals surface area contributed by atoms with Gasteiger partial charge in [0.1, 0.15) is 0 Å². The summed E-state index contributed by atoms with van der Waals surface area (Å²) in [5.41, 5.74) is 0. The molecule has 112 valence electrons. The Labute approximate surface area is 120 Å². The van der Waals surface area contributed by atoms with Crippen molar-refractivity contribution in [2.45, 2.75) is 71.3 Å². The zero-order chi connectivity index (χ0) is 13.5. The molecule has 1 heterocycles. The van der Waals surface area contributed by atoms with E-state index in [1.807, 2.05) is 0 Å². The second-order valence-corrected chi connectivity index (χ2v) is 6.94. The molecule has 1 saturated heterocycles. The summed E-state index contributed by atoms with van der Waals surface area (Å²) in [5.74, 6) is 1.89. The summed E-state index contributed by atoms with van der Waals surface area (Å²) in [6.07, 6.45) is 11.4. The van der Waals surface area contributed by atoms with Crippen LogP contribution in [0.4, 0.5) is 0 Å². The molecular weight excluding hydrogens is 232 g/mol. The maximum Gasteiger partial charge on any atom is 0.0223 e. The van der Waals surface area contributed by atoms with Crippen molar-refractivity contribution in [3.63, 3.8) is 0 Å². The van der Waals surface area contributed by atoms with Gasteiger partial charge in [-0.05, 0) is 70.0 Å². The molecule has 0 radical (unpaired) electrons. The van der Waals surface area contributed by atoms with Gasteiger partial charge in [0.25, 0.3) is 0 Å². The summed E-state index contributed by atoms with van der Waals surface area (Å²) < 4.78 is 0. The van der Waals surface area contributed by atoms with Crippen LogP contribution in [-0.2, 0) is 0 Å². The van der Waals surface area contributed by atoms with E-state index in [9.17, 15) is 0 Å². The smallest absolute Gasteiger partial charge is 0.0223 e. The predicted molar refractivity (Wildman–Crippen MR) is 83.5 cm³/mol. The number of nitrogens with zero attached hydrogens (tertiary/aromatic N) is 1. The van der Waals surface area contributed by atoms with Gasteiger partial charge in [-0.1, -0.05) is 26.7 Å². The Morgan fingerprint density at radius 3 is 2.58 bits per heavy atom. The fourth-order valence-corrected chi connectivity index (χ4v) is 3.85. The van der Waals surface area contributed by atoms with Crippen molar-refractivity contribution in [1.82, 2.24) is 10.2 Å². The summed E-state index contributed by atoms with van der Waals surface area (Å²) in [6.45, 7) is 9.88. The monoisotopic (exact) mass is 266 g/mol. The highest BCUT2D eigenvalue weighted by Gasteiger charge is 2.26. The second-order valence-electron chi connectivity index (χ2n) is 6.94. The maximum absolute atomic E-state index is 3.85. The van der Waals surface area contributed by atoms with Crippen LogP contribution in [-0.4, -0.2) is 37.1 Å². The molecule has 1 aliphatic heterocycles. The first-order valence-corrected chi connectivity index (χ1v) is 8.75. The topological polar surface area (TPSA) is 15.3 Å². The van der Waals surface area contributed by atoms with E-state index in [2.05, 4.69) is 24.1 Å². The van der Waals surface area contributed by atoms with Crippen molar-refractivity contribution in [1.29, 1.82) is 0 Å². The van der Waals surface area contributed by atoms with Crippen LogP contribution in [0.2, 0.25) is 0 Å². The highest BCUT2D eigenvalue weighted by Crippen LogP contribution is 2.28. The Balaban J connectivity index is 1.83. The van der Waals surface area contributed by atoms with E-state index in [4.69, 9.17) is 0 Å². The molecule has 2 atom stereocenters. The van der Waals surface area contributed by atoms with Gasteiger partial charge in [-0.15, -0.1) is 0 Å². The van der Waals surface area contributed by atoms with Crippen molar-refractivity contribution in [2.75, 3.05) is 26.2 Å². The van der Waals surface area contributed by atoms with Gasteiger partial charge < -0.3 is 10.2 Å². The third-order valence-electron chi connectivity index (χ3n) is 5.19. The Kier molecular flexibility index (Phi) is 6.66. The van der Waals surface area contributed by atoms with Gasteiger partial charge in [-0.25, -0.2) is 0 Å². The average molecular weight is 266 g/mol. The number of likely N-dealkylation sites (tertiary alicyclic amines) is 1. The fraction of sp³-hybridized carbons (Fsp3) is 1.00. The minimum atomic E-state index is 0.760. The Bertz CT molecular complexity index is 235. The maximum atomic E-state index is 3.85. The van der Waals surface area contributed by atoms with E-state index in [-0.39, 0.29) is 0 Å². The Morgan fingerprint density at radius 2 is 1.84 bits per heavy atom. The first kappa shape index (κ1) is 15.3. The van der Waals surface area contributed by atoms with E-state index < -0.39 is 0 Å². The van der Waals surface area contributed by atoms with Crippen LogP contribution in [0.5, 0.6) is 0 Å². The highest BCUT2D eigenvalue weighted by molar-refractivity contribution is 4.84. The van der Waals surface area contributed by atoms with E-state index >= 15 is 0 Å². The van der Waals surface area contributed by atoms with Crippen molar-refractivity contribution < 1.29 is 0 Å². The molecule has 0 amide bonds. The Hall–Kier alpha value is -0.0800. The standard InChI is InChI=1S/C17H34N2/c1-3-11-18-17(16-8-4-5-9-16)14-19-12-6-7-15(2)10-13-19/h15-18H,3-14H2,1-2H3. The van der Waals surface area contributed by atoms with Crippen LogP contribution >= 0.6 is 0 Å². The molecule has 0 aromatic carbocycles. The van der Waals surface area contributed by atoms with Gasteiger partial charge in [0.2, 0.25) is 0 Å².